The summed E-state index contributed by atoms with van der Waals surface area (Å²) in [7, 11) is 0. The molecule has 1 saturated heterocycles. The lowest BCUT2D eigenvalue weighted by Crippen LogP contribution is -1.98. The summed E-state index contributed by atoms with van der Waals surface area (Å²) in [5.74, 6) is 0.986. The molecule has 0 amide bonds. The van der Waals surface area contributed by atoms with Crippen LogP contribution in [0.3, 0.4) is 0 Å². The molecule has 2 aliphatic rings. The molecular formula is C6H9IO. The van der Waals surface area contributed by atoms with Crippen LogP contribution in [0.2, 0.25) is 0 Å². The molecule has 0 aromatic rings. The highest BCUT2D eigenvalue weighted by atomic mass is 127. The Morgan fingerprint density at radius 2 is 2.00 bits per heavy atom. The van der Waals surface area contributed by atoms with Crippen molar-refractivity contribution in [3.8, 4) is 0 Å². The maximum Gasteiger partial charge on any atom is 0.0845 e. The minimum absolute atomic E-state index is 0.690. The maximum atomic E-state index is 5.28. The van der Waals surface area contributed by atoms with Crippen LogP contribution in [0.15, 0.2) is 0 Å². The van der Waals surface area contributed by atoms with E-state index in [9.17, 15) is 0 Å². The SMILES string of the molecule is ICC1C[C@@H]2O[C@@H]2C1. The van der Waals surface area contributed by atoms with Crippen molar-refractivity contribution in [1.82, 2.24) is 0 Å². The molecule has 46 valence electrons. The lowest BCUT2D eigenvalue weighted by molar-refractivity contribution is 0.287. The van der Waals surface area contributed by atoms with Gasteiger partial charge in [-0.3, -0.25) is 0 Å². The van der Waals surface area contributed by atoms with Gasteiger partial charge in [0.2, 0.25) is 0 Å². The second kappa shape index (κ2) is 1.84. The first kappa shape index (κ1) is 5.47. The molecule has 2 rings (SSSR count). The van der Waals surface area contributed by atoms with E-state index in [2.05, 4.69) is 22.6 Å². The van der Waals surface area contributed by atoms with Crippen LogP contribution < -0.4 is 0 Å². The molecule has 1 aliphatic carbocycles. The number of alkyl halides is 1. The Hall–Kier alpha value is 0.690. The van der Waals surface area contributed by atoms with E-state index < -0.39 is 0 Å². The zero-order valence-electron chi connectivity index (χ0n) is 4.64. The van der Waals surface area contributed by atoms with E-state index in [1.807, 2.05) is 0 Å². The summed E-state index contributed by atoms with van der Waals surface area (Å²) < 4.78 is 6.61. The fourth-order valence-electron chi connectivity index (χ4n) is 1.47. The number of halogens is 1. The van der Waals surface area contributed by atoms with Gasteiger partial charge in [-0.15, -0.1) is 0 Å². The molecule has 8 heavy (non-hydrogen) atoms. The van der Waals surface area contributed by atoms with Gasteiger partial charge in [0.1, 0.15) is 0 Å². The predicted octanol–water partition coefficient (Wildman–Crippen LogP) is 1.60. The van der Waals surface area contributed by atoms with Crippen molar-refractivity contribution in [2.24, 2.45) is 5.92 Å². The van der Waals surface area contributed by atoms with Crippen molar-refractivity contribution in [1.29, 1.82) is 0 Å². The van der Waals surface area contributed by atoms with Crippen LogP contribution in [-0.4, -0.2) is 16.6 Å². The van der Waals surface area contributed by atoms with Gasteiger partial charge in [0.15, 0.2) is 0 Å². The minimum Gasteiger partial charge on any atom is -0.370 e. The first-order valence-corrected chi connectivity index (χ1v) is 4.64. The van der Waals surface area contributed by atoms with Crippen molar-refractivity contribution < 1.29 is 4.74 Å². The largest absolute Gasteiger partial charge is 0.370 e. The topological polar surface area (TPSA) is 12.5 Å². The summed E-state index contributed by atoms with van der Waals surface area (Å²) in [5.41, 5.74) is 0. The van der Waals surface area contributed by atoms with Gasteiger partial charge in [0.25, 0.3) is 0 Å². The van der Waals surface area contributed by atoms with Gasteiger partial charge in [-0.05, 0) is 18.8 Å². The molecule has 1 aliphatic heterocycles. The lowest BCUT2D eigenvalue weighted by atomic mass is 10.1. The van der Waals surface area contributed by atoms with Crippen LogP contribution in [0.1, 0.15) is 12.8 Å². The number of rotatable bonds is 1. The summed E-state index contributed by atoms with van der Waals surface area (Å²) in [6, 6.07) is 0. The normalized spacial score (nSPS) is 51.4. The molecule has 1 heterocycles. The smallest absolute Gasteiger partial charge is 0.0845 e. The van der Waals surface area contributed by atoms with Crippen LogP contribution in [0.4, 0.5) is 0 Å². The second-order valence-electron chi connectivity index (χ2n) is 2.70. The molecule has 0 bridgehead atoms. The molecule has 2 fully saturated rings. The highest BCUT2D eigenvalue weighted by Crippen LogP contribution is 2.42. The maximum absolute atomic E-state index is 5.28. The standard InChI is InChI=1S/C6H9IO/c7-3-4-1-5-6(2-4)8-5/h4-6H,1-3H2/t4?,5-,6+. The Bertz CT molecular complexity index is 94.7. The summed E-state index contributed by atoms with van der Waals surface area (Å²) in [4.78, 5) is 0. The molecular weight excluding hydrogens is 215 g/mol. The van der Waals surface area contributed by atoms with Crippen molar-refractivity contribution in [2.75, 3.05) is 4.43 Å². The van der Waals surface area contributed by atoms with Gasteiger partial charge in [0.05, 0.1) is 12.2 Å². The monoisotopic (exact) mass is 224 g/mol. The highest BCUT2D eigenvalue weighted by molar-refractivity contribution is 14.1. The molecule has 2 heteroatoms. The Morgan fingerprint density at radius 1 is 1.38 bits per heavy atom. The fraction of sp³-hybridized carbons (Fsp3) is 1.00. The molecule has 0 radical (unpaired) electrons. The van der Waals surface area contributed by atoms with E-state index in [0.717, 1.165) is 5.92 Å². The highest BCUT2D eigenvalue weighted by Gasteiger charge is 2.47. The first-order chi connectivity index (χ1) is 3.90. The second-order valence-corrected chi connectivity index (χ2v) is 3.59. The molecule has 0 spiro atoms. The average Bonchev–Trinajstić information content (AvgIpc) is 2.40. The van der Waals surface area contributed by atoms with Crippen LogP contribution >= 0.6 is 22.6 Å². The van der Waals surface area contributed by atoms with Crippen LogP contribution in [0, 0.1) is 5.92 Å². The summed E-state index contributed by atoms with van der Waals surface area (Å²) >= 11 is 2.46. The van der Waals surface area contributed by atoms with E-state index in [0.29, 0.717) is 12.2 Å². The van der Waals surface area contributed by atoms with Gasteiger partial charge in [-0.25, -0.2) is 0 Å². The molecule has 1 unspecified atom stereocenters. The predicted molar refractivity (Wildman–Crippen MR) is 40.3 cm³/mol. The summed E-state index contributed by atoms with van der Waals surface area (Å²) in [6.07, 6.45) is 4.06. The molecule has 0 aromatic heterocycles. The van der Waals surface area contributed by atoms with Gasteiger partial charge in [-0.2, -0.15) is 0 Å². The molecule has 1 saturated carbocycles. The van der Waals surface area contributed by atoms with E-state index in [4.69, 9.17) is 4.74 Å². The Labute approximate surface area is 62.9 Å². The summed E-state index contributed by atoms with van der Waals surface area (Å²) in [6.45, 7) is 0. The van der Waals surface area contributed by atoms with E-state index in [-0.39, 0.29) is 0 Å². The Morgan fingerprint density at radius 3 is 2.38 bits per heavy atom. The van der Waals surface area contributed by atoms with Crippen LogP contribution in [0.5, 0.6) is 0 Å². The van der Waals surface area contributed by atoms with Gasteiger partial charge < -0.3 is 4.74 Å². The van der Waals surface area contributed by atoms with E-state index in [1.54, 1.807) is 0 Å². The number of hydrogen-bond acceptors (Lipinski definition) is 1. The first-order valence-electron chi connectivity index (χ1n) is 3.11. The zero-order chi connectivity index (χ0) is 5.56. The van der Waals surface area contributed by atoms with Crippen LogP contribution in [-0.2, 0) is 4.74 Å². The zero-order valence-corrected chi connectivity index (χ0v) is 6.80. The third kappa shape index (κ3) is 0.778. The van der Waals surface area contributed by atoms with E-state index in [1.165, 1.54) is 17.3 Å². The van der Waals surface area contributed by atoms with E-state index >= 15 is 0 Å². The van der Waals surface area contributed by atoms with Crippen molar-refractivity contribution >= 4 is 22.6 Å². The Balaban J connectivity index is 1.89. The number of fused-ring (bicyclic) bond motifs is 1. The third-order valence-corrected chi connectivity index (χ3v) is 3.28. The molecule has 0 aromatic carbocycles. The quantitative estimate of drug-likeness (QED) is 0.374. The van der Waals surface area contributed by atoms with Crippen molar-refractivity contribution in [3.63, 3.8) is 0 Å². The molecule has 3 atom stereocenters. The Kier molecular flexibility index (Phi) is 1.26. The molecule has 0 N–H and O–H groups in total. The van der Waals surface area contributed by atoms with Crippen LogP contribution in [0.25, 0.3) is 0 Å². The minimum atomic E-state index is 0.690. The van der Waals surface area contributed by atoms with Gasteiger partial charge in [0, 0.05) is 4.43 Å². The number of epoxide rings is 1. The van der Waals surface area contributed by atoms with Gasteiger partial charge in [-0.1, -0.05) is 22.6 Å². The van der Waals surface area contributed by atoms with Gasteiger partial charge >= 0.3 is 0 Å². The number of ether oxygens (including phenoxy) is 1. The molecule has 1 nitrogen and oxygen atoms in total. The third-order valence-electron chi connectivity index (χ3n) is 2.04. The summed E-state index contributed by atoms with van der Waals surface area (Å²) in [5, 5.41) is 0. The van der Waals surface area contributed by atoms with Crippen molar-refractivity contribution in [3.05, 3.63) is 0 Å². The number of hydrogen-bond donors (Lipinski definition) is 0. The van der Waals surface area contributed by atoms with Crippen molar-refractivity contribution in [2.45, 2.75) is 25.0 Å². The lowest BCUT2D eigenvalue weighted by Gasteiger charge is -2.03. The fourth-order valence-corrected chi connectivity index (χ4v) is 2.19. The average molecular weight is 224 g/mol.